The Balaban J connectivity index is 2.25. The van der Waals surface area contributed by atoms with E-state index >= 15 is 0 Å². The Morgan fingerprint density at radius 1 is 1.26 bits per heavy atom. The maximum Gasteiger partial charge on any atom is 0.129 e. The summed E-state index contributed by atoms with van der Waals surface area (Å²) in [5, 5.41) is 10.5. The number of rotatable bonds is 4. The molecule has 0 aliphatic rings. The van der Waals surface area contributed by atoms with Crippen LogP contribution < -0.4 is 4.74 Å². The van der Waals surface area contributed by atoms with Gasteiger partial charge in [-0.15, -0.1) is 0 Å². The van der Waals surface area contributed by atoms with E-state index in [0.29, 0.717) is 10.8 Å². The van der Waals surface area contributed by atoms with E-state index in [-0.39, 0.29) is 12.0 Å². The van der Waals surface area contributed by atoms with Crippen molar-refractivity contribution >= 4 is 11.6 Å². The van der Waals surface area contributed by atoms with E-state index in [1.165, 1.54) is 18.2 Å². The third-order valence-corrected chi connectivity index (χ3v) is 3.16. The first-order valence-electron chi connectivity index (χ1n) is 5.86. The Bertz CT molecular complexity index is 572. The second-order valence-corrected chi connectivity index (χ2v) is 4.63. The van der Waals surface area contributed by atoms with Crippen LogP contribution in [0, 0.1) is 5.82 Å². The van der Waals surface area contributed by atoms with E-state index in [0.717, 1.165) is 5.56 Å². The molecule has 1 atom stereocenters. The fourth-order valence-corrected chi connectivity index (χ4v) is 2.14. The molecule has 0 saturated heterocycles. The summed E-state index contributed by atoms with van der Waals surface area (Å²) < 4.78 is 18.9. The van der Waals surface area contributed by atoms with Gasteiger partial charge in [0.1, 0.15) is 11.6 Å². The molecule has 0 aliphatic carbocycles. The van der Waals surface area contributed by atoms with Gasteiger partial charge in [-0.2, -0.15) is 0 Å². The van der Waals surface area contributed by atoms with E-state index in [1.807, 2.05) is 18.2 Å². The fourth-order valence-electron chi connectivity index (χ4n) is 1.96. The molecule has 4 heteroatoms. The first-order chi connectivity index (χ1) is 9.11. The molecule has 1 N–H and O–H groups in total. The summed E-state index contributed by atoms with van der Waals surface area (Å²) in [5.41, 5.74) is 1.01. The average molecular weight is 281 g/mol. The molecule has 0 bridgehead atoms. The van der Waals surface area contributed by atoms with Crippen LogP contribution in [0.1, 0.15) is 17.2 Å². The van der Waals surface area contributed by atoms with Crippen LogP contribution in [-0.2, 0) is 6.42 Å². The molecule has 1 unspecified atom stereocenters. The lowest BCUT2D eigenvalue weighted by Crippen LogP contribution is -2.05. The number of aliphatic hydroxyl groups excluding tert-OH is 1. The Morgan fingerprint density at radius 2 is 2.00 bits per heavy atom. The van der Waals surface area contributed by atoms with Crippen molar-refractivity contribution in [2.24, 2.45) is 0 Å². The molecule has 0 spiro atoms. The molecule has 100 valence electrons. The first-order valence-corrected chi connectivity index (χ1v) is 6.24. The quantitative estimate of drug-likeness (QED) is 0.924. The maximum absolute atomic E-state index is 13.7. The highest BCUT2D eigenvalue weighted by molar-refractivity contribution is 6.30. The summed E-state index contributed by atoms with van der Waals surface area (Å²) in [6, 6.07) is 11.5. The Hall–Kier alpha value is -1.58. The van der Waals surface area contributed by atoms with Crippen molar-refractivity contribution in [1.29, 1.82) is 0 Å². The number of aliphatic hydroxyl groups is 1. The Morgan fingerprint density at radius 3 is 2.74 bits per heavy atom. The number of para-hydroxylation sites is 1. The van der Waals surface area contributed by atoms with Crippen LogP contribution in [0.3, 0.4) is 0 Å². The molecule has 0 radical (unpaired) electrons. The van der Waals surface area contributed by atoms with E-state index in [2.05, 4.69) is 0 Å². The zero-order valence-corrected chi connectivity index (χ0v) is 11.2. The van der Waals surface area contributed by atoms with Crippen molar-refractivity contribution in [3.05, 3.63) is 64.4 Å². The van der Waals surface area contributed by atoms with E-state index in [1.54, 1.807) is 13.2 Å². The van der Waals surface area contributed by atoms with Crippen molar-refractivity contribution in [1.82, 2.24) is 0 Å². The van der Waals surface area contributed by atoms with E-state index < -0.39 is 11.9 Å². The standard InChI is InChI=1S/C15H14ClFO2/c1-19-15-5-3-2-4-10(15)8-14(18)12-9-11(16)6-7-13(12)17/h2-7,9,14,18H,8H2,1H3. The van der Waals surface area contributed by atoms with Crippen LogP contribution in [0.25, 0.3) is 0 Å². The van der Waals surface area contributed by atoms with Gasteiger partial charge in [0.05, 0.1) is 13.2 Å². The molecule has 2 nitrogen and oxygen atoms in total. The number of hydrogen-bond acceptors (Lipinski definition) is 2. The summed E-state index contributed by atoms with van der Waals surface area (Å²) in [6.07, 6.45) is -0.698. The number of hydrogen-bond donors (Lipinski definition) is 1. The van der Waals surface area contributed by atoms with Gasteiger partial charge in [-0.1, -0.05) is 29.8 Å². The highest BCUT2D eigenvalue weighted by atomic mass is 35.5. The van der Waals surface area contributed by atoms with Gasteiger partial charge in [-0.3, -0.25) is 0 Å². The summed E-state index contributed by atoms with van der Waals surface area (Å²) in [6.45, 7) is 0. The Labute approximate surface area is 116 Å². The monoisotopic (exact) mass is 280 g/mol. The van der Waals surface area contributed by atoms with Crippen LogP contribution in [0.2, 0.25) is 5.02 Å². The van der Waals surface area contributed by atoms with Gasteiger partial charge in [-0.05, 0) is 29.8 Å². The normalized spacial score (nSPS) is 12.2. The van der Waals surface area contributed by atoms with Crippen molar-refractivity contribution in [3.63, 3.8) is 0 Å². The van der Waals surface area contributed by atoms with Crippen LogP contribution >= 0.6 is 11.6 Å². The second kappa shape index (κ2) is 6.04. The van der Waals surface area contributed by atoms with Gasteiger partial charge in [0.15, 0.2) is 0 Å². The largest absolute Gasteiger partial charge is 0.496 e. The summed E-state index contributed by atoms with van der Waals surface area (Å²) >= 11 is 5.82. The Kier molecular flexibility index (Phi) is 4.40. The van der Waals surface area contributed by atoms with E-state index in [9.17, 15) is 9.50 Å². The molecule has 19 heavy (non-hydrogen) atoms. The molecule has 0 aliphatic heterocycles. The number of ether oxygens (including phenoxy) is 1. The van der Waals surface area contributed by atoms with Gasteiger partial charge >= 0.3 is 0 Å². The maximum atomic E-state index is 13.7. The predicted molar refractivity (Wildman–Crippen MR) is 73.1 cm³/mol. The zero-order valence-electron chi connectivity index (χ0n) is 10.4. The molecule has 0 fully saturated rings. The molecular weight excluding hydrogens is 267 g/mol. The van der Waals surface area contributed by atoms with Crippen LogP contribution in [0.15, 0.2) is 42.5 Å². The molecule has 0 amide bonds. The summed E-state index contributed by atoms with van der Waals surface area (Å²) in [7, 11) is 1.56. The molecule has 2 aromatic rings. The van der Waals surface area contributed by atoms with Crippen molar-refractivity contribution in [2.45, 2.75) is 12.5 Å². The molecular formula is C15H14ClFO2. The number of methoxy groups -OCH3 is 1. The minimum atomic E-state index is -0.963. The highest BCUT2D eigenvalue weighted by Gasteiger charge is 2.15. The molecule has 2 rings (SSSR count). The van der Waals surface area contributed by atoms with Gasteiger partial charge in [0.2, 0.25) is 0 Å². The topological polar surface area (TPSA) is 29.5 Å². The molecule has 0 saturated carbocycles. The van der Waals surface area contributed by atoms with Gasteiger partial charge < -0.3 is 9.84 Å². The number of benzene rings is 2. The number of halogens is 2. The lowest BCUT2D eigenvalue weighted by atomic mass is 10.0. The van der Waals surface area contributed by atoms with Crippen molar-refractivity contribution in [2.75, 3.05) is 7.11 Å². The third kappa shape index (κ3) is 3.25. The predicted octanol–water partition coefficient (Wildman–Crippen LogP) is 3.76. The van der Waals surface area contributed by atoms with Crippen LogP contribution in [0.5, 0.6) is 5.75 Å². The average Bonchev–Trinajstić information content (AvgIpc) is 2.42. The van der Waals surface area contributed by atoms with Crippen LogP contribution in [-0.4, -0.2) is 12.2 Å². The van der Waals surface area contributed by atoms with Gasteiger partial charge in [0, 0.05) is 17.0 Å². The first kappa shape index (κ1) is 13.8. The minimum absolute atomic E-state index is 0.193. The molecule has 0 aromatic heterocycles. The van der Waals surface area contributed by atoms with Gasteiger partial charge in [0.25, 0.3) is 0 Å². The van der Waals surface area contributed by atoms with Crippen LogP contribution in [0.4, 0.5) is 4.39 Å². The fraction of sp³-hybridized carbons (Fsp3) is 0.200. The second-order valence-electron chi connectivity index (χ2n) is 4.20. The third-order valence-electron chi connectivity index (χ3n) is 2.92. The van der Waals surface area contributed by atoms with E-state index in [4.69, 9.17) is 16.3 Å². The molecule has 0 heterocycles. The lowest BCUT2D eigenvalue weighted by molar-refractivity contribution is 0.172. The zero-order chi connectivity index (χ0) is 13.8. The molecule has 2 aromatic carbocycles. The highest BCUT2D eigenvalue weighted by Crippen LogP contribution is 2.27. The summed E-state index contributed by atoms with van der Waals surface area (Å²) in [5.74, 6) is 0.204. The lowest BCUT2D eigenvalue weighted by Gasteiger charge is -2.14. The summed E-state index contributed by atoms with van der Waals surface area (Å²) in [4.78, 5) is 0. The van der Waals surface area contributed by atoms with Crippen molar-refractivity contribution < 1.29 is 14.2 Å². The van der Waals surface area contributed by atoms with Gasteiger partial charge in [-0.25, -0.2) is 4.39 Å². The smallest absolute Gasteiger partial charge is 0.129 e. The minimum Gasteiger partial charge on any atom is -0.496 e. The van der Waals surface area contributed by atoms with Crippen molar-refractivity contribution in [3.8, 4) is 5.75 Å². The SMILES string of the molecule is COc1ccccc1CC(O)c1cc(Cl)ccc1F.